The van der Waals surface area contributed by atoms with Crippen molar-refractivity contribution in [3.63, 3.8) is 0 Å². The first-order valence-corrected chi connectivity index (χ1v) is 10.2. The molecule has 1 aromatic carbocycles. The minimum absolute atomic E-state index is 0.00904. The molecule has 146 valence electrons. The van der Waals surface area contributed by atoms with E-state index in [1.54, 1.807) is 20.8 Å². The Labute approximate surface area is 165 Å². The molecular weight excluding hydrogens is 416 g/mol. The second-order valence-corrected chi connectivity index (χ2v) is 9.61. The lowest BCUT2D eigenvalue weighted by Crippen LogP contribution is -2.27. The first-order chi connectivity index (χ1) is 12.4. The van der Waals surface area contributed by atoms with Gasteiger partial charge < -0.3 is 10.1 Å². The van der Waals surface area contributed by atoms with E-state index in [9.17, 15) is 18.0 Å². The van der Waals surface area contributed by atoms with Gasteiger partial charge in [-0.1, -0.05) is 43.7 Å². The van der Waals surface area contributed by atoms with Crippen LogP contribution in [0.1, 0.15) is 31.1 Å². The number of esters is 1. The third-order valence-corrected chi connectivity index (χ3v) is 6.08. The van der Waals surface area contributed by atoms with Gasteiger partial charge in [0.2, 0.25) is 11.0 Å². The van der Waals surface area contributed by atoms with Crippen LogP contribution in [0.25, 0.3) is 0 Å². The minimum atomic E-state index is -4.08. The molecule has 27 heavy (non-hydrogen) atoms. The zero-order valence-corrected chi connectivity index (χ0v) is 17.3. The largest absolute Gasteiger partial charge is 0.465 e. The van der Waals surface area contributed by atoms with Gasteiger partial charge in [0.05, 0.1) is 17.7 Å². The predicted octanol–water partition coefficient (Wildman–Crippen LogP) is 2.76. The highest BCUT2D eigenvalue weighted by Crippen LogP contribution is 2.26. The molecule has 0 radical (unpaired) electrons. The van der Waals surface area contributed by atoms with Crippen LogP contribution in [-0.2, 0) is 19.6 Å². The number of hydrogen-bond acceptors (Lipinski definition) is 8. The van der Waals surface area contributed by atoms with Crippen molar-refractivity contribution in [2.24, 2.45) is 5.41 Å². The normalized spacial score (nSPS) is 11.7. The molecule has 2 aromatic rings. The molecule has 1 aromatic heterocycles. The van der Waals surface area contributed by atoms with Crippen molar-refractivity contribution < 1.29 is 22.7 Å². The number of carbonyl (C=O) groups is 2. The van der Waals surface area contributed by atoms with Crippen LogP contribution in [-0.4, -0.2) is 37.6 Å². The molecule has 9 nitrogen and oxygen atoms in total. The van der Waals surface area contributed by atoms with E-state index in [0.717, 1.165) is 0 Å². The zero-order valence-electron chi connectivity index (χ0n) is 14.9. The van der Waals surface area contributed by atoms with Crippen molar-refractivity contribution in [3.05, 3.63) is 28.8 Å². The number of sulfonamides is 1. The molecule has 12 heteroatoms. The van der Waals surface area contributed by atoms with E-state index in [0.29, 0.717) is 11.3 Å². The van der Waals surface area contributed by atoms with Crippen molar-refractivity contribution in [3.8, 4) is 0 Å². The summed E-state index contributed by atoms with van der Waals surface area (Å²) in [5.74, 6) is -1.03. The number of anilines is 2. The van der Waals surface area contributed by atoms with E-state index in [-0.39, 0.29) is 31.7 Å². The third kappa shape index (κ3) is 5.15. The Kier molecular flexibility index (Phi) is 6.07. The van der Waals surface area contributed by atoms with Gasteiger partial charge in [0, 0.05) is 11.1 Å². The van der Waals surface area contributed by atoms with Crippen molar-refractivity contribution in [2.45, 2.75) is 25.1 Å². The highest BCUT2D eigenvalue weighted by molar-refractivity contribution is 7.94. The maximum atomic E-state index is 12.5. The molecule has 2 rings (SSSR count). The molecule has 0 aliphatic carbocycles. The summed E-state index contributed by atoms with van der Waals surface area (Å²) in [4.78, 5) is 23.6. The standard InChI is InChI=1S/C15H17ClN4O5S2/c1-15(2,3)12(22)17-13-18-19-14(26-13)27(23,24)20-8-5-6-10(16)9(7-8)11(21)25-4/h5-7,20H,1-4H3,(H,17,18,22). The number of carbonyl (C=O) groups excluding carboxylic acids is 2. The molecule has 0 aliphatic heterocycles. The molecule has 0 unspecified atom stereocenters. The van der Waals surface area contributed by atoms with E-state index in [1.807, 2.05) is 0 Å². The van der Waals surface area contributed by atoms with Crippen molar-refractivity contribution in [2.75, 3.05) is 17.1 Å². The highest BCUT2D eigenvalue weighted by atomic mass is 35.5. The second-order valence-electron chi connectivity index (χ2n) is 6.37. The average molecular weight is 433 g/mol. The fraction of sp³-hybridized carbons (Fsp3) is 0.333. The van der Waals surface area contributed by atoms with Gasteiger partial charge in [-0.3, -0.25) is 9.52 Å². The van der Waals surface area contributed by atoms with E-state index in [1.165, 1.54) is 25.3 Å². The Morgan fingerprint density at radius 2 is 1.89 bits per heavy atom. The second kappa shape index (κ2) is 7.79. The molecule has 0 saturated carbocycles. The lowest BCUT2D eigenvalue weighted by molar-refractivity contribution is -0.123. The first-order valence-electron chi connectivity index (χ1n) is 7.49. The number of nitrogens with zero attached hydrogens (tertiary/aromatic N) is 2. The number of ether oxygens (including phenoxy) is 1. The van der Waals surface area contributed by atoms with Gasteiger partial charge in [-0.15, -0.1) is 10.2 Å². The summed E-state index contributed by atoms with van der Waals surface area (Å²) in [5.41, 5.74) is -0.568. The summed E-state index contributed by atoms with van der Waals surface area (Å²) in [6.45, 7) is 5.13. The number of nitrogens with one attached hydrogen (secondary N) is 2. The fourth-order valence-electron chi connectivity index (χ4n) is 1.71. The van der Waals surface area contributed by atoms with Crippen LogP contribution in [0.5, 0.6) is 0 Å². The third-order valence-electron chi connectivity index (χ3n) is 3.16. The van der Waals surface area contributed by atoms with Crippen LogP contribution >= 0.6 is 22.9 Å². The summed E-state index contributed by atoms with van der Waals surface area (Å²) < 4.78 is 31.5. The van der Waals surface area contributed by atoms with Gasteiger partial charge in [-0.2, -0.15) is 8.42 Å². The Bertz CT molecular complexity index is 982. The number of benzene rings is 1. The Hall–Kier alpha value is -2.24. The number of aromatic nitrogens is 2. The van der Waals surface area contributed by atoms with Crippen LogP contribution in [0.4, 0.5) is 10.8 Å². The number of methoxy groups -OCH3 is 1. The van der Waals surface area contributed by atoms with Gasteiger partial charge in [-0.05, 0) is 18.2 Å². The first kappa shape index (κ1) is 21.1. The van der Waals surface area contributed by atoms with E-state index < -0.39 is 21.4 Å². The number of halogens is 1. The van der Waals surface area contributed by atoms with Crippen molar-refractivity contribution in [1.29, 1.82) is 0 Å². The lowest BCUT2D eigenvalue weighted by atomic mass is 9.96. The molecule has 2 N–H and O–H groups in total. The molecule has 0 saturated heterocycles. The number of amides is 1. The fourth-order valence-corrected chi connectivity index (χ4v) is 3.85. The van der Waals surface area contributed by atoms with Crippen molar-refractivity contribution >= 4 is 55.7 Å². The maximum absolute atomic E-state index is 12.5. The molecule has 0 bridgehead atoms. The van der Waals surface area contributed by atoms with Crippen LogP contribution < -0.4 is 10.0 Å². The summed E-state index contributed by atoms with van der Waals surface area (Å²) in [6.07, 6.45) is 0. The molecule has 0 fully saturated rings. The topological polar surface area (TPSA) is 127 Å². The summed E-state index contributed by atoms with van der Waals surface area (Å²) in [6, 6.07) is 3.99. The van der Waals surface area contributed by atoms with E-state index >= 15 is 0 Å². The Morgan fingerprint density at radius 1 is 1.22 bits per heavy atom. The highest BCUT2D eigenvalue weighted by Gasteiger charge is 2.25. The van der Waals surface area contributed by atoms with Gasteiger partial charge >= 0.3 is 5.97 Å². The lowest BCUT2D eigenvalue weighted by Gasteiger charge is -2.15. The predicted molar refractivity (Wildman–Crippen MR) is 102 cm³/mol. The summed E-state index contributed by atoms with van der Waals surface area (Å²) in [5, 5.41) is 9.96. The quantitative estimate of drug-likeness (QED) is 0.549. The van der Waals surface area contributed by atoms with Gasteiger partial charge in [0.1, 0.15) is 0 Å². The van der Waals surface area contributed by atoms with Crippen LogP contribution in [0.3, 0.4) is 0 Å². The average Bonchev–Trinajstić information content (AvgIpc) is 3.04. The Morgan fingerprint density at radius 3 is 2.48 bits per heavy atom. The van der Waals surface area contributed by atoms with E-state index in [4.69, 9.17) is 11.6 Å². The molecular formula is C15H17ClN4O5S2. The van der Waals surface area contributed by atoms with Crippen LogP contribution in [0, 0.1) is 5.41 Å². The molecule has 0 aliphatic rings. The summed E-state index contributed by atoms with van der Waals surface area (Å²) in [7, 11) is -2.89. The minimum Gasteiger partial charge on any atom is -0.465 e. The number of rotatable bonds is 5. The Balaban J connectivity index is 2.23. The van der Waals surface area contributed by atoms with Gasteiger partial charge in [-0.25, -0.2) is 4.79 Å². The van der Waals surface area contributed by atoms with E-state index in [2.05, 4.69) is 25.0 Å². The van der Waals surface area contributed by atoms with Crippen LogP contribution in [0.2, 0.25) is 5.02 Å². The smallest absolute Gasteiger partial charge is 0.339 e. The molecule has 0 atom stereocenters. The zero-order chi connectivity index (χ0) is 20.4. The summed E-state index contributed by atoms with van der Waals surface area (Å²) >= 11 is 6.61. The van der Waals surface area contributed by atoms with Gasteiger partial charge in [0.15, 0.2) is 0 Å². The molecule has 0 spiro atoms. The molecule has 1 amide bonds. The van der Waals surface area contributed by atoms with Gasteiger partial charge in [0.25, 0.3) is 14.4 Å². The SMILES string of the molecule is COC(=O)c1cc(NS(=O)(=O)c2nnc(NC(=O)C(C)(C)C)s2)ccc1Cl. The van der Waals surface area contributed by atoms with Crippen LogP contribution in [0.15, 0.2) is 22.5 Å². The maximum Gasteiger partial charge on any atom is 0.339 e. The monoisotopic (exact) mass is 432 g/mol. The van der Waals surface area contributed by atoms with Crippen molar-refractivity contribution in [1.82, 2.24) is 10.2 Å². The number of hydrogen-bond donors (Lipinski definition) is 2. The molecule has 1 heterocycles.